The molecule has 0 saturated carbocycles. The first-order valence-electron chi connectivity index (χ1n) is 9.50. The van der Waals surface area contributed by atoms with Crippen molar-refractivity contribution >= 4 is 11.8 Å². The lowest BCUT2D eigenvalue weighted by Gasteiger charge is -2.31. The first-order chi connectivity index (χ1) is 13.2. The number of likely N-dealkylation sites (tertiary alicyclic amines) is 1. The highest BCUT2D eigenvalue weighted by molar-refractivity contribution is 5.93. The van der Waals surface area contributed by atoms with E-state index in [0.717, 1.165) is 31.5 Å². The van der Waals surface area contributed by atoms with Crippen LogP contribution in [0.5, 0.6) is 0 Å². The van der Waals surface area contributed by atoms with Crippen LogP contribution in [0.3, 0.4) is 0 Å². The second-order valence-electron chi connectivity index (χ2n) is 7.01. The molecule has 142 valence electrons. The molecule has 1 aliphatic heterocycles. The van der Waals surface area contributed by atoms with Crippen molar-refractivity contribution < 1.29 is 9.59 Å². The van der Waals surface area contributed by atoms with Crippen LogP contribution in [0.25, 0.3) is 0 Å². The van der Waals surface area contributed by atoms with Crippen LogP contribution < -0.4 is 10.6 Å². The van der Waals surface area contributed by atoms with Crippen molar-refractivity contribution in [2.24, 2.45) is 0 Å². The average molecular weight is 365 g/mol. The highest BCUT2D eigenvalue weighted by atomic mass is 16.2. The molecule has 27 heavy (non-hydrogen) atoms. The van der Waals surface area contributed by atoms with Crippen molar-refractivity contribution in [1.29, 1.82) is 0 Å². The maximum Gasteiger partial charge on any atom is 0.251 e. The van der Waals surface area contributed by atoms with E-state index in [2.05, 4.69) is 45.9 Å². The molecule has 0 radical (unpaired) electrons. The molecule has 0 aromatic heterocycles. The van der Waals surface area contributed by atoms with Crippen LogP contribution in [0.1, 0.15) is 40.2 Å². The summed E-state index contributed by atoms with van der Waals surface area (Å²) in [4.78, 5) is 26.0. The molecule has 2 N–H and O–H groups in total. The SMILES string of the molecule is CNC(=O)c1ccc(CNC(=O)CN2CCC(c3ccccc3)CC2)cc1. The molecule has 0 bridgehead atoms. The Bertz CT molecular complexity index is 751. The van der Waals surface area contributed by atoms with E-state index in [0.29, 0.717) is 24.6 Å². The first kappa shape index (κ1) is 19.1. The van der Waals surface area contributed by atoms with Gasteiger partial charge in [-0.3, -0.25) is 14.5 Å². The summed E-state index contributed by atoms with van der Waals surface area (Å²) in [5.41, 5.74) is 3.01. The Hall–Kier alpha value is -2.66. The molecule has 3 rings (SSSR count). The third-order valence-corrected chi connectivity index (χ3v) is 5.16. The Morgan fingerprint density at radius 1 is 1.00 bits per heavy atom. The molecule has 2 amide bonds. The summed E-state index contributed by atoms with van der Waals surface area (Å²) < 4.78 is 0. The van der Waals surface area contributed by atoms with Gasteiger partial charge in [0.1, 0.15) is 0 Å². The Kier molecular flexibility index (Phi) is 6.60. The molecular weight excluding hydrogens is 338 g/mol. The number of carbonyl (C=O) groups excluding carboxylic acids is 2. The van der Waals surface area contributed by atoms with E-state index in [1.165, 1.54) is 5.56 Å². The quantitative estimate of drug-likeness (QED) is 0.827. The highest BCUT2D eigenvalue weighted by Gasteiger charge is 2.21. The van der Waals surface area contributed by atoms with Gasteiger partial charge in [-0.2, -0.15) is 0 Å². The summed E-state index contributed by atoms with van der Waals surface area (Å²) in [7, 11) is 1.61. The number of benzene rings is 2. The number of carbonyl (C=O) groups is 2. The van der Waals surface area contributed by atoms with Crippen LogP contribution >= 0.6 is 0 Å². The minimum Gasteiger partial charge on any atom is -0.355 e. The number of hydrogen-bond acceptors (Lipinski definition) is 3. The average Bonchev–Trinajstić information content (AvgIpc) is 2.73. The van der Waals surface area contributed by atoms with E-state index in [4.69, 9.17) is 0 Å². The number of piperidine rings is 1. The molecule has 2 aromatic rings. The van der Waals surface area contributed by atoms with Crippen LogP contribution in [-0.2, 0) is 11.3 Å². The largest absolute Gasteiger partial charge is 0.355 e. The molecular formula is C22H27N3O2. The Morgan fingerprint density at radius 3 is 2.30 bits per heavy atom. The third-order valence-electron chi connectivity index (χ3n) is 5.16. The Labute approximate surface area is 160 Å². The zero-order valence-electron chi connectivity index (χ0n) is 15.8. The zero-order chi connectivity index (χ0) is 19.1. The van der Waals surface area contributed by atoms with Gasteiger partial charge >= 0.3 is 0 Å². The molecule has 5 heteroatoms. The minimum absolute atomic E-state index is 0.0449. The van der Waals surface area contributed by atoms with Crippen molar-refractivity contribution in [3.8, 4) is 0 Å². The fraction of sp³-hybridized carbons (Fsp3) is 0.364. The molecule has 1 heterocycles. The van der Waals surface area contributed by atoms with Crippen molar-refractivity contribution in [3.05, 3.63) is 71.3 Å². The summed E-state index contributed by atoms with van der Waals surface area (Å²) in [6.45, 7) is 2.83. The van der Waals surface area contributed by atoms with Gasteiger partial charge < -0.3 is 10.6 Å². The lowest BCUT2D eigenvalue weighted by molar-refractivity contribution is -0.122. The van der Waals surface area contributed by atoms with Gasteiger partial charge in [0.15, 0.2) is 0 Å². The van der Waals surface area contributed by atoms with Crippen molar-refractivity contribution in [1.82, 2.24) is 15.5 Å². The lowest BCUT2D eigenvalue weighted by atomic mass is 9.89. The van der Waals surface area contributed by atoms with E-state index in [9.17, 15) is 9.59 Å². The van der Waals surface area contributed by atoms with E-state index in [1.54, 1.807) is 19.2 Å². The molecule has 5 nitrogen and oxygen atoms in total. The van der Waals surface area contributed by atoms with Gasteiger partial charge in [0.05, 0.1) is 6.54 Å². The van der Waals surface area contributed by atoms with Gasteiger partial charge in [0, 0.05) is 19.2 Å². The number of amides is 2. The molecule has 0 unspecified atom stereocenters. The molecule has 1 aliphatic rings. The molecule has 0 atom stereocenters. The van der Waals surface area contributed by atoms with Gasteiger partial charge in [-0.05, 0) is 55.1 Å². The van der Waals surface area contributed by atoms with Crippen LogP contribution in [-0.4, -0.2) is 43.4 Å². The summed E-state index contributed by atoms with van der Waals surface area (Å²) in [6, 6.07) is 17.9. The van der Waals surface area contributed by atoms with Crippen molar-refractivity contribution in [2.75, 3.05) is 26.7 Å². The first-order valence-corrected chi connectivity index (χ1v) is 9.50. The summed E-state index contributed by atoms with van der Waals surface area (Å²) >= 11 is 0. The minimum atomic E-state index is -0.107. The molecule has 0 aliphatic carbocycles. The molecule has 2 aromatic carbocycles. The maximum atomic E-state index is 12.2. The zero-order valence-corrected chi connectivity index (χ0v) is 15.8. The Balaban J connectivity index is 1.40. The van der Waals surface area contributed by atoms with E-state index in [1.807, 2.05) is 12.1 Å². The number of nitrogens with one attached hydrogen (secondary N) is 2. The van der Waals surface area contributed by atoms with Crippen molar-refractivity contribution in [2.45, 2.75) is 25.3 Å². The predicted octanol–water partition coefficient (Wildman–Crippen LogP) is 2.54. The smallest absolute Gasteiger partial charge is 0.251 e. The molecule has 1 fully saturated rings. The van der Waals surface area contributed by atoms with Crippen LogP contribution in [0.4, 0.5) is 0 Å². The molecule has 1 saturated heterocycles. The maximum absolute atomic E-state index is 12.2. The lowest BCUT2D eigenvalue weighted by Crippen LogP contribution is -2.41. The standard InChI is InChI=1S/C22H27N3O2/c1-23-22(27)20-9-7-17(8-10-20)15-24-21(26)16-25-13-11-19(12-14-25)18-5-3-2-4-6-18/h2-10,19H,11-16H2,1H3,(H,23,27)(H,24,26). The van der Waals surface area contributed by atoms with E-state index in [-0.39, 0.29) is 11.8 Å². The van der Waals surface area contributed by atoms with E-state index >= 15 is 0 Å². The van der Waals surface area contributed by atoms with Gasteiger partial charge in [0.25, 0.3) is 5.91 Å². The second-order valence-corrected chi connectivity index (χ2v) is 7.01. The second kappa shape index (κ2) is 9.33. The van der Waals surface area contributed by atoms with Gasteiger partial charge in [0.2, 0.25) is 5.91 Å². The Morgan fingerprint density at radius 2 is 1.67 bits per heavy atom. The third kappa shape index (κ3) is 5.41. The summed E-state index contributed by atoms with van der Waals surface area (Å²) in [6.07, 6.45) is 2.19. The predicted molar refractivity (Wildman–Crippen MR) is 107 cm³/mol. The topological polar surface area (TPSA) is 61.4 Å². The number of hydrogen-bond donors (Lipinski definition) is 2. The van der Waals surface area contributed by atoms with Gasteiger partial charge in [-0.1, -0.05) is 42.5 Å². The van der Waals surface area contributed by atoms with Crippen LogP contribution in [0, 0.1) is 0 Å². The highest BCUT2D eigenvalue weighted by Crippen LogP contribution is 2.27. The van der Waals surface area contributed by atoms with Crippen LogP contribution in [0.15, 0.2) is 54.6 Å². The van der Waals surface area contributed by atoms with Crippen LogP contribution in [0.2, 0.25) is 0 Å². The monoisotopic (exact) mass is 365 g/mol. The normalized spacial score (nSPS) is 15.3. The van der Waals surface area contributed by atoms with Gasteiger partial charge in [-0.25, -0.2) is 0 Å². The summed E-state index contributed by atoms with van der Waals surface area (Å²) in [5, 5.41) is 5.57. The fourth-order valence-corrected chi connectivity index (χ4v) is 3.53. The number of rotatable bonds is 6. The number of nitrogens with zero attached hydrogens (tertiary/aromatic N) is 1. The van der Waals surface area contributed by atoms with Gasteiger partial charge in [-0.15, -0.1) is 0 Å². The van der Waals surface area contributed by atoms with Crippen molar-refractivity contribution in [3.63, 3.8) is 0 Å². The summed E-state index contributed by atoms with van der Waals surface area (Å²) in [5.74, 6) is 0.539. The molecule has 0 spiro atoms. The fourth-order valence-electron chi connectivity index (χ4n) is 3.53. The van der Waals surface area contributed by atoms with E-state index < -0.39 is 0 Å².